The molecule has 1 aliphatic heterocycles. The van der Waals surface area contributed by atoms with Gasteiger partial charge in [-0.3, -0.25) is 4.79 Å². The molecule has 102 valence electrons. The van der Waals surface area contributed by atoms with Crippen LogP contribution in [0.5, 0.6) is 0 Å². The van der Waals surface area contributed by atoms with E-state index in [-0.39, 0.29) is 11.6 Å². The lowest BCUT2D eigenvalue weighted by Gasteiger charge is -2.32. The number of nitrogens with zero attached hydrogens (tertiary/aromatic N) is 2. The lowest BCUT2D eigenvalue weighted by Crippen LogP contribution is -2.48. The zero-order valence-electron chi connectivity index (χ0n) is 10.5. The Balaban J connectivity index is 1.78. The predicted octanol–water partition coefficient (Wildman–Crippen LogP) is 1.63. The van der Waals surface area contributed by atoms with E-state index in [1.165, 1.54) is 4.90 Å². The summed E-state index contributed by atoms with van der Waals surface area (Å²) in [5.74, 6) is -0.139. The van der Waals surface area contributed by atoms with Crippen molar-refractivity contribution in [3.8, 4) is 0 Å². The molecule has 1 atom stereocenters. The Labute approximate surface area is 110 Å². The molecule has 0 radical (unpaired) electrons. The van der Waals surface area contributed by atoms with Crippen LogP contribution < -0.4 is 0 Å². The third-order valence-electron chi connectivity index (χ3n) is 3.78. The van der Waals surface area contributed by atoms with Gasteiger partial charge in [0.2, 0.25) is 0 Å². The highest BCUT2D eigenvalue weighted by molar-refractivity contribution is 5.95. The lowest BCUT2D eigenvalue weighted by molar-refractivity contribution is -0.143. The molecule has 6 nitrogen and oxygen atoms in total. The normalized spacial score (nSPS) is 23.4. The van der Waals surface area contributed by atoms with Crippen molar-refractivity contribution < 1.29 is 19.2 Å². The smallest absolute Gasteiger partial charge is 0.326 e. The van der Waals surface area contributed by atoms with E-state index < -0.39 is 12.0 Å². The maximum absolute atomic E-state index is 12.3. The van der Waals surface area contributed by atoms with Crippen molar-refractivity contribution in [3.63, 3.8) is 0 Å². The summed E-state index contributed by atoms with van der Waals surface area (Å²) in [5, 5.41) is 13.0. The van der Waals surface area contributed by atoms with Gasteiger partial charge in [-0.15, -0.1) is 0 Å². The fourth-order valence-corrected chi connectivity index (χ4v) is 2.53. The second-order valence-corrected chi connectivity index (χ2v) is 5.24. The first-order valence-electron chi connectivity index (χ1n) is 6.67. The summed E-state index contributed by atoms with van der Waals surface area (Å²) >= 11 is 0. The van der Waals surface area contributed by atoms with Crippen LogP contribution in [-0.4, -0.2) is 39.6 Å². The molecule has 1 aliphatic carbocycles. The maximum Gasteiger partial charge on any atom is 0.326 e. The van der Waals surface area contributed by atoms with Crippen LogP contribution in [-0.2, 0) is 4.79 Å². The van der Waals surface area contributed by atoms with Crippen LogP contribution >= 0.6 is 0 Å². The van der Waals surface area contributed by atoms with Gasteiger partial charge in [-0.2, -0.15) is 0 Å². The van der Waals surface area contributed by atoms with Gasteiger partial charge >= 0.3 is 5.97 Å². The van der Waals surface area contributed by atoms with Gasteiger partial charge in [0.05, 0.1) is 0 Å². The van der Waals surface area contributed by atoms with Crippen LogP contribution in [0, 0.1) is 0 Å². The fourth-order valence-electron chi connectivity index (χ4n) is 2.53. The number of carboxylic acids is 1. The number of hydrogen-bond acceptors (Lipinski definition) is 4. The molecule has 1 saturated heterocycles. The van der Waals surface area contributed by atoms with E-state index >= 15 is 0 Å². The third-order valence-corrected chi connectivity index (χ3v) is 3.78. The van der Waals surface area contributed by atoms with Crippen molar-refractivity contribution in [1.29, 1.82) is 0 Å². The average molecular weight is 264 g/mol. The van der Waals surface area contributed by atoms with Crippen molar-refractivity contribution in [2.75, 3.05) is 6.54 Å². The zero-order chi connectivity index (χ0) is 13.4. The molecule has 1 N–H and O–H groups in total. The molecule has 1 aromatic rings. The molecule has 0 unspecified atom stereocenters. The van der Waals surface area contributed by atoms with Crippen molar-refractivity contribution in [1.82, 2.24) is 10.1 Å². The first-order valence-corrected chi connectivity index (χ1v) is 6.67. The van der Waals surface area contributed by atoms with Gasteiger partial charge in [-0.05, 0) is 32.1 Å². The first-order chi connectivity index (χ1) is 9.16. The summed E-state index contributed by atoms with van der Waals surface area (Å²) in [6.07, 6.45) is 4.33. The SMILES string of the molecule is O=C(O)[C@@H]1CCCCN1C(=O)c1cc(C2CC2)on1. The highest BCUT2D eigenvalue weighted by atomic mass is 16.5. The number of carboxylic acid groups (broad SMARTS) is 1. The van der Waals surface area contributed by atoms with Gasteiger partial charge in [0.1, 0.15) is 11.8 Å². The van der Waals surface area contributed by atoms with E-state index in [0.29, 0.717) is 18.9 Å². The summed E-state index contributed by atoms with van der Waals surface area (Å²) in [6, 6.07) is 0.926. The first kappa shape index (κ1) is 12.2. The molecule has 0 bridgehead atoms. The van der Waals surface area contributed by atoms with Crippen molar-refractivity contribution in [3.05, 3.63) is 17.5 Å². The van der Waals surface area contributed by atoms with E-state index in [4.69, 9.17) is 4.52 Å². The minimum Gasteiger partial charge on any atom is -0.480 e. The molecule has 2 aliphatic rings. The summed E-state index contributed by atoms with van der Waals surface area (Å²) in [7, 11) is 0. The zero-order valence-corrected chi connectivity index (χ0v) is 10.5. The van der Waals surface area contributed by atoms with Crippen LogP contribution in [0.4, 0.5) is 0 Å². The van der Waals surface area contributed by atoms with Crippen LogP contribution in [0.2, 0.25) is 0 Å². The van der Waals surface area contributed by atoms with Gasteiger partial charge in [-0.25, -0.2) is 4.79 Å². The molecule has 2 heterocycles. The molecule has 1 amide bonds. The fraction of sp³-hybridized carbons (Fsp3) is 0.615. The van der Waals surface area contributed by atoms with Gasteiger partial charge in [0.25, 0.3) is 5.91 Å². The molecule has 6 heteroatoms. The van der Waals surface area contributed by atoms with E-state index in [1.54, 1.807) is 6.07 Å². The summed E-state index contributed by atoms with van der Waals surface area (Å²) < 4.78 is 5.15. The number of likely N-dealkylation sites (tertiary alicyclic amines) is 1. The Morgan fingerprint density at radius 3 is 2.79 bits per heavy atom. The standard InChI is InChI=1S/C13H16N2O4/c16-12(9-7-11(19-14-9)8-4-5-8)15-6-2-1-3-10(15)13(17)18/h7-8,10H,1-6H2,(H,17,18)/t10-/m0/s1. The van der Waals surface area contributed by atoms with E-state index in [2.05, 4.69) is 5.16 Å². The quantitative estimate of drug-likeness (QED) is 0.897. The highest BCUT2D eigenvalue weighted by Gasteiger charge is 2.35. The second kappa shape index (κ2) is 4.68. The molecule has 19 heavy (non-hydrogen) atoms. The Kier molecular flexibility index (Phi) is 3.00. The molecular formula is C13H16N2O4. The second-order valence-electron chi connectivity index (χ2n) is 5.24. The molecule has 1 saturated carbocycles. The average Bonchev–Trinajstić information content (AvgIpc) is 3.16. The minimum atomic E-state index is -0.945. The monoisotopic (exact) mass is 264 g/mol. The largest absolute Gasteiger partial charge is 0.480 e. The number of carbonyl (C=O) groups is 2. The molecule has 0 aromatic carbocycles. The Bertz CT molecular complexity index is 506. The number of amides is 1. The number of carbonyl (C=O) groups excluding carboxylic acids is 1. The molecular weight excluding hydrogens is 248 g/mol. The van der Waals surface area contributed by atoms with Crippen LogP contribution in [0.1, 0.15) is 54.3 Å². The van der Waals surface area contributed by atoms with Gasteiger partial charge < -0.3 is 14.5 Å². The van der Waals surface area contributed by atoms with Crippen molar-refractivity contribution in [2.45, 2.75) is 44.1 Å². The maximum atomic E-state index is 12.3. The van der Waals surface area contributed by atoms with Crippen molar-refractivity contribution in [2.24, 2.45) is 0 Å². The third kappa shape index (κ3) is 2.34. The number of hydrogen-bond donors (Lipinski definition) is 1. The van der Waals surface area contributed by atoms with Gasteiger partial charge in [0, 0.05) is 18.5 Å². The van der Waals surface area contributed by atoms with Gasteiger partial charge in [-0.1, -0.05) is 5.16 Å². The number of rotatable bonds is 3. The molecule has 2 fully saturated rings. The Hall–Kier alpha value is -1.85. The predicted molar refractivity (Wildman–Crippen MR) is 64.8 cm³/mol. The summed E-state index contributed by atoms with van der Waals surface area (Å²) in [5.41, 5.74) is 0.232. The number of aromatic nitrogens is 1. The van der Waals surface area contributed by atoms with Crippen LogP contribution in [0.15, 0.2) is 10.6 Å². The van der Waals surface area contributed by atoms with Crippen molar-refractivity contribution >= 4 is 11.9 Å². The van der Waals surface area contributed by atoms with E-state index in [9.17, 15) is 14.7 Å². The Morgan fingerprint density at radius 1 is 1.32 bits per heavy atom. The summed E-state index contributed by atoms with van der Waals surface area (Å²) in [6.45, 7) is 0.474. The van der Waals surface area contributed by atoms with E-state index in [1.807, 2.05) is 0 Å². The molecule has 1 aromatic heterocycles. The Morgan fingerprint density at radius 2 is 2.11 bits per heavy atom. The van der Waals surface area contributed by atoms with Gasteiger partial charge in [0.15, 0.2) is 5.69 Å². The number of aliphatic carboxylic acids is 1. The lowest BCUT2D eigenvalue weighted by atomic mass is 10.0. The number of piperidine rings is 1. The topological polar surface area (TPSA) is 83.6 Å². The van der Waals surface area contributed by atoms with Crippen LogP contribution in [0.3, 0.4) is 0 Å². The molecule has 0 spiro atoms. The van der Waals surface area contributed by atoms with E-state index in [0.717, 1.165) is 31.4 Å². The van der Waals surface area contributed by atoms with Crippen LogP contribution in [0.25, 0.3) is 0 Å². The summed E-state index contributed by atoms with van der Waals surface area (Å²) in [4.78, 5) is 24.9. The highest BCUT2D eigenvalue weighted by Crippen LogP contribution is 2.40. The minimum absolute atomic E-state index is 0.232. The molecule has 3 rings (SSSR count).